The summed E-state index contributed by atoms with van der Waals surface area (Å²) in [4.78, 5) is 54.2. The lowest BCUT2D eigenvalue weighted by Crippen LogP contribution is -2.47. The number of Topliss-reactive ketones (excluding diaryl/α,β-unsaturated/α-hetero) is 1. The van der Waals surface area contributed by atoms with Gasteiger partial charge in [0.2, 0.25) is 11.6 Å². The molecule has 0 aromatic rings. The van der Waals surface area contributed by atoms with E-state index in [-0.39, 0.29) is 40.9 Å². The predicted molar refractivity (Wildman–Crippen MR) is 160 cm³/mol. The molecule has 4 bridgehead atoms. The highest BCUT2D eigenvalue weighted by atomic mass is 16.6. The van der Waals surface area contributed by atoms with Crippen molar-refractivity contribution in [1.82, 2.24) is 10.2 Å². The summed E-state index contributed by atoms with van der Waals surface area (Å²) in [6, 6.07) is 0. The van der Waals surface area contributed by atoms with Crippen molar-refractivity contribution in [1.29, 1.82) is 0 Å². The zero-order chi connectivity index (χ0) is 32.1. The number of aliphatic hydroxyl groups is 1. The summed E-state index contributed by atoms with van der Waals surface area (Å²) in [5.41, 5.74) is 6.56. The maximum Gasteiger partial charge on any atom is 0.405 e. The largest absolute Gasteiger partial charge is 0.439 e. The zero-order valence-electron chi connectivity index (χ0n) is 25.9. The van der Waals surface area contributed by atoms with Gasteiger partial charge in [-0.2, -0.15) is 0 Å². The maximum atomic E-state index is 13.8. The topological polar surface area (TPSA) is 167 Å². The van der Waals surface area contributed by atoms with Gasteiger partial charge in [-0.3, -0.25) is 14.4 Å². The fourth-order valence-corrected chi connectivity index (χ4v) is 6.30. The number of aliphatic hydroxyl groups excluding tert-OH is 1. The zero-order valence-corrected chi connectivity index (χ0v) is 25.9. The molecule has 4 aliphatic heterocycles. The van der Waals surface area contributed by atoms with Crippen LogP contribution in [0.4, 0.5) is 4.79 Å². The lowest BCUT2D eigenvalue weighted by molar-refractivity contribution is -0.182. The summed E-state index contributed by atoms with van der Waals surface area (Å²) in [5.74, 6) is -1.70. The number of allylic oxidation sites excluding steroid dienone is 4. The second kappa shape index (κ2) is 14.5. The van der Waals surface area contributed by atoms with Crippen LogP contribution in [0.3, 0.4) is 0 Å². The predicted octanol–water partition coefficient (Wildman–Crippen LogP) is 2.19. The highest BCUT2D eigenvalue weighted by Crippen LogP contribution is 2.35. The second-order valence-corrected chi connectivity index (χ2v) is 11.8. The van der Waals surface area contributed by atoms with Crippen molar-refractivity contribution in [2.45, 2.75) is 77.2 Å². The Kier molecular flexibility index (Phi) is 11.0. The van der Waals surface area contributed by atoms with Gasteiger partial charge in [-0.05, 0) is 38.5 Å². The third-order valence-corrected chi connectivity index (χ3v) is 8.53. The Morgan fingerprint density at radius 3 is 2.48 bits per heavy atom. The molecule has 0 aromatic carbocycles. The molecule has 1 aliphatic carbocycles. The van der Waals surface area contributed by atoms with Crippen LogP contribution in [-0.4, -0.2) is 91.6 Å². The number of nitrogens with two attached hydrogens (primary N) is 1. The molecular weight excluding hydrogens is 570 g/mol. The summed E-state index contributed by atoms with van der Waals surface area (Å²) < 4.78 is 22.9. The number of hydrogen-bond acceptors (Lipinski definition) is 10. The molecule has 1 saturated heterocycles. The van der Waals surface area contributed by atoms with Crippen molar-refractivity contribution in [3.8, 4) is 0 Å². The van der Waals surface area contributed by atoms with E-state index in [0.717, 1.165) is 12.8 Å². The maximum absolute atomic E-state index is 13.8. The van der Waals surface area contributed by atoms with Crippen LogP contribution in [0.2, 0.25) is 0 Å². The molecular formula is C32H43N3O9. The van der Waals surface area contributed by atoms with Crippen molar-refractivity contribution in [3.63, 3.8) is 0 Å². The molecule has 12 nitrogen and oxygen atoms in total. The van der Waals surface area contributed by atoms with E-state index in [0.29, 0.717) is 30.8 Å². The van der Waals surface area contributed by atoms with Crippen LogP contribution in [-0.2, 0) is 33.3 Å². The standard InChI is InChI=1S/C32H43N3O9/c1-17-13-20-26(35-11-6-7-12-35)23(36)16-22(27(20)37)34-30(38)18(2)9-8-10-24(41-4)29(44-32(33)40)21-15-19(3)28(43-31(21)39)25(14-17)42-5/h8-10,15-17,19,24-25,28-29,31,39H,6-7,11-14H2,1-5H3,(H2,33,40)(H,34,38)/b10-8-,18-9+. The molecule has 5 aliphatic rings. The molecule has 7 atom stereocenters. The quantitative estimate of drug-likeness (QED) is 0.316. The van der Waals surface area contributed by atoms with Crippen molar-refractivity contribution < 1.29 is 43.2 Å². The van der Waals surface area contributed by atoms with E-state index in [1.165, 1.54) is 25.3 Å². The van der Waals surface area contributed by atoms with Crippen LogP contribution in [0.15, 0.2) is 58.5 Å². The lowest BCUT2D eigenvalue weighted by Gasteiger charge is -2.39. The number of ketones is 2. The number of methoxy groups -OCH3 is 2. The van der Waals surface area contributed by atoms with E-state index in [1.807, 2.05) is 18.7 Å². The Morgan fingerprint density at radius 2 is 1.84 bits per heavy atom. The van der Waals surface area contributed by atoms with Gasteiger partial charge in [-0.1, -0.05) is 38.2 Å². The first kappa shape index (κ1) is 33.3. The number of carbonyl (C=O) groups is 4. The number of nitrogens with zero attached hydrogens (tertiary/aromatic N) is 1. The third kappa shape index (κ3) is 7.37. The van der Waals surface area contributed by atoms with E-state index in [2.05, 4.69) is 5.32 Å². The Hall–Kier alpha value is -3.58. The van der Waals surface area contributed by atoms with E-state index in [1.54, 1.807) is 26.2 Å². The first-order valence-corrected chi connectivity index (χ1v) is 15.0. The molecule has 4 N–H and O–H groups in total. The van der Waals surface area contributed by atoms with Gasteiger partial charge in [0.05, 0.1) is 23.6 Å². The fourth-order valence-electron chi connectivity index (χ4n) is 6.30. The molecule has 1 fully saturated rings. The van der Waals surface area contributed by atoms with Gasteiger partial charge >= 0.3 is 6.09 Å². The highest BCUT2D eigenvalue weighted by molar-refractivity contribution is 6.23. The van der Waals surface area contributed by atoms with E-state index in [9.17, 15) is 24.3 Å². The summed E-state index contributed by atoms with van der Waals surface area (Å²) >= 11 is 0. The van der Waals surface area contributed by atoms with Crippen LogP contribution in [0.5, 0.6) is 0 Å². The third-order valence-electron chi connectivity index (χ3n) is 8.53. The number of ether oxygens (including phenoxy) is 4. The highest BCUT2D eigenvalue weighted by Gasteiger charge is 2.41. The number of nitrogens with one attached hydrogen (secondary N) is 1. The number of amides is 2. The molecule has 44 heavy (non-hydrogen) atoms. The number of hydrogen-bond donors (Lipinski definition) is 3. The van der Waals surface area contributed by atoms with Gasteiger partial charge in [0.1, 0.15) is 6.10 Å². The van der Waals surface area contributed by atoms with E-state index in [4.69, 9.17) is 24.7 Å². The summed E-state index contributed by atoms with van der Waals surface area (Å²) in [5, 5.41) is 13.7. The van der Waals surface area contributed by atoms with Crippen LogP contribution in [0.1, 0.15) is 46.5 Å². The van der Waals surface area contributed by atoms with E-state index >= 15 is 0 Å². The Morgan fingerprint density at radius 1 is 1.14 bits per heavy atom. The summed E-state index contributed by atoms with van der Waals surface area (Å²) in [7, 11) is 2.95. The van der Waals surface area contributed by atoms with Gasteiger partial charge in [-0.15, -0.1) is 0 Å². The molecule has 0 aromatic heterocycles. The van der Waals surface area contributed by atoms with Gasteiger partial charge in [0.15, 0.2) is 12.4 Å². The molecule has 7 unspecified atom stereocenters. The number of primary amides is 1. The number of rotatable bonds is 4. The number of likely N-dealkylation sites (tertiary alicyclic amines) is 1. The van der Waals surface area contributed by atoms with E-state index < -0.39 is 48.5 Å². The summed E-state index contributed by atoms with van der Waals surface area (Å²) in [6.07, 6.45) is 4.48. The van der Waals surface area contributed by atoms with Crippen LogP contribution < -0.4 is 11.1 Å². The molecule has 0 saturated carbocycles. The molecule has 0 radical (unpaired) electrons. The van der Waals surface area contributed by atoms with Gasteiger partial charge in [-0.25, -0.2) is 4.79 Å². The molecule has 4 heterocycles. The molecule has 12 heteroatoms. The Labute approximate surface area is 257 Å². The minimum Gasteiger partial charge on any atom is -0.439 e. The van der Waals surface area contributed by atoms with Crippen molar-refractivity contribution in [2.75, 3.05) is 27.3 Å². The monoisotopic (exact) mass is 613 g/mol. The normalized spacial score (nSPS) is 34.2. The molecule has 2 amide bonds. The minimum atomic E-state index is -1.46. The van der Waals surface area contributed by atoms with Crippen molar-refractivity contribution >= 4 is 23.6 Å². The first-order chi connectivity index (χ1) is 20.9. The lowest BCUT2D eigenvalue weighted by atomic mass is 9.84. The van der Waals surface area contributed by atoms with Gasteiger partial charge < -0.3 is 40.0 Å². The van der Waals surface area contributed by atoms with Gasteiger partial charge in [0.25, 0.3) is 5.91 Å². The number of fused-ring (bicyclic) bond motifs is 10. The fraction of sp³-hybridized carbons (Fsp3) is 0.562. The van der Waals surface area contributed by atoms with Gasteiger partial charge in [0, 0.05) is 56.0 Å². The average molecular weight is 614 g/mol. The Bertz CT molecular complexity index is 1310. The SMILES string of the molecule is COC1/C=C\C=C(/C)C(=O)NC2=CC(=O)C(N3CCCC3)=C(CC(C)CC(OC)C3OC(O)C(=CC3C)C1OC(N)=O)C2=O. The second-order valence-electron chi connectivity index (χ2n) is 11.8. The number of carbonyl (C=O) groups excluding carboxylic acids is 4. The summed E-state index contributed by atoms with van der Waals surface area (Å²) in [6.45, 7) is 6.77. The first-order valence-electron chi connectivity index (χ1n) is 15.0. The minimum absolute atomic E-state index is 0.0718. The Balaban J connectivity index is 1.78. The van der Waals surface area contributed by atoms with Crippen molar-refractivity contribution in [3.05, 3.63) is 58.5 Å². The van der Waals surface area contributed by atoms with Crippen molar-refractivity contribution in [2.24, 2.45) is 17.6 Å². The van der Waals surface area contributed by atoms with Crippen LogP contribution in [0, 0.1) is 11.8 Å². The van der Waals surface area contributed by atoms with Crippen LogP contribution in [0.25, 0.3) is 0 Å². The van der Waals surface area contributed by atoms with Crippen LogP contribution >= 0.6 is 0 Å². The molecule has 5 rings (SSSR count). The molecule has 0 spiro atoms. The molecule has 240 valence electrons. The average Bonchev–Trinajstić information content (AvgIpc) is 3.50. The smallest absolute Gasteiger partial charge is 0.405 e.